The minimum absolute atomic E-state index is 0.0339. The summed E-state index contributed by atoms with van der Waals surface area (Å²) < 4.78 is 25.6. The van der Waals surface area contributed by atoms with E-state index < -0.39 is 11.6 Å². The quantitative estimate of drug-likeness (QED) is 0.752. The van der Waals surface area contributed by atoms with Crippen molar-refractivity contribution in [1.29, 1.82) is 0 Å². The number of hydrogen-bond donors (Lipinski definition) is 0. The first kappa shape index (κ1) is 14.5. The average molecular weight is 253 g/mol. The van der Waals surface area contributed by atoms with E-state index in [1.54, 1.807) is 0 Å². The van der Waals surface area contributed by atoms with E-state index in [4.69, 9.17) is 0 Å². The zero-order chi connectivity index (χ0) is 13.7. The van der Waals surface area contributed by atoms with E-state index in [0.29, 0.717) is 12.1 Å². The summed E-state index contributed by atoms with van der Waals surface area (Å²) in [7, 11) is 3.78. The molecule has 0 aliphatic rings. The van der Waals surface area contributed by atoms with Crippen LogP contribution >= 0.6 is 0 Å². The van der Waals surface area contributed by atoms with E-state index in [1.807, 2.05) is 25.9 Å². The van der Waals surface area contributed by atoms with Crippen LogP contribution in [-0.4, -0.2) is 31.3 Å². The molecule has 1 rings (SSSR count). The van der Waals surface area contributed by atoms with E-state index in [2.05, 4.69) is 0 Å². The maximum absolute atomic E-state index is 12.9. The molecule has 2 nitrogen and oxygen atoms in total. The van der Waals surface area contributed by atoms with Crippen LogP contribution in [0.4, 0.5) is 8.78 Å². The van der Waals surface area contributed by atoms with Gasteiger partial charge in [-0.25, -0.2) is 8.78 Å². The number of carbonyl (C=O) groups excluding carboxylic acids is 1. The molecular formula is C14H17F2NO. The first-order valence-electron chi connectivity index (χ1n) is 5.72. The summed E-state index contributed by atoms with van der Waals surface area (Å²) in [6.07, 6.45) is 2.90. The smallest absolute Gasteiger partial charge is 0.159 e. The molecule has 98 valence electrons. The minimum Gasteiger partial charge on any atom is -0.309 e. The highest BCUT2D eigenvalue weighted by molar-refractivity contribution is 5.95. The second kappa shape index (κ2) is 6.40. The molecule has 18 heavy (non-hydrogen) atoms. The molecule has 0 radical (unpaired) electrons. The third kappa shape index (κ3) is 4.37. The number of allylic oxidation sites excluding steroid dienone is 1. The van der Waals surface area contributed by atoms with Gasteiger partial charge in [-0.05, 0) is 37.9 Å². The van der Waals surface area contributed by atoms with Crippen LogP contribution in [0.3, 0.4) is 0 Å². The molecule has 1 aromatic rings. The van der Waals surface area contributed by atoms with Gasteiger partial charge in [0.05, 0.1) is 0 Å². The largest absolute Gasteiger partial charge is 0.309 e. The van der Waals surface area contributed by atoms with Gasteiger partial charge in [0.2, 0.25) is 0 Å². The molecule has 0 bridgehead atoms. The highest BCUT2D eigenvalue weighted by atomic mass is 19.2. The van der Waals surface area contributed by atoms with Gasteiger partial charge in [0, 0.05) is 12.5 Å². The molecule has 0 aromatic heterocycles. The minimum atomic E-state index is -0.911. The van der Waals surface area contributed by atoms with Crippen LogP contribution in [0.15, 0.2) is 24.3 Å². The Labute approximate surface area is 106 Å². The summed E-state index contributed by atoms with van der Waals surface area (Å²) in [6.45, 7) is 2.48. The number of ketones is 1. The Morgan fingerprint density at radius 3 is 2.56 bits per heavy atom. The summed E-state index contributed by atoms with van der Waals surface area (Å²) in [5.74, 6) is -1.96. The van der Waals surface area contributed by atoms with Crippen molar-refractivity contribution in [1.82, 2.24) is 4.90 Å². The summed E-state index contributed by atoms with van der Waals surface area (Å²) in [4.78, 5) is 13.6. The van der Waals surface area contributed by atoms with E-state index in [-0.39, 0.29) is 11.7 Å². The van der Waals surface area contributed by atoms with Gasteiger partial charge in [-0.3, -0.25) is 4.79 Å². The third-order valence-corrected chi connectivity index (χ3v) is 2.51. The molecule has 0 N–H and O–H groups in total. The molecule has 0 spiro atoms. The van der Waals surface area contributed by atoms with Crippen LogP contribution in [0.5, 0.6) is 0 Å². The highest BCUT2D eigenvalue weighted by Crippen LogP contribution is 2.10. The van der Waals surface area contributed by atoms with Crippen LogP contribution in [0.2, 0.25) is 0 Å². The van der Waals surface area contributed by atoms with Crippen molar-refractivity contribution in [2.45, 2.75) is 6.92 Å². The van der Waals surface area contributed by atoms with Crippen molar-refractivity contribution in [3.05, 3.63) is 41.5 Å². The zero-order valence-electron chi connectivity index (χ0n) is 10.8. The molecule has 0 heterocycles. The van der Waals surface area contributed by atoms with Gasteiger partial charge < -0.3 is 4.90 Å². The molecule has 0 saturated carbocycles. The molecule has 0 saturated heterocycles. The topological polar surface area (TPSA) is 20.3 Å². The van der Waals surface area contributed by atoms with Crippen LogP contribution in [0, 0.1) is 17.6 Å². The Morgan fingerprint density at radius 2 is 2.00 bits per heavy atom. The molecule has 1 aromatic carbocycles. The number of rotatable bonds is 5. The van der Waals surface area contributed by atoms with Gasteiger partial charge >= 0.3 is 0 Å². The Balaban J connectivity index is 2.68. The van der Waals surface area contributed by atoms with Gasteiger partial charge in [0.1, 0.15) is 0 Å². The lowest BCUT2D eigenvalue weighted by Crippen LogP contribution is -2.24. The second-order valence-electron chi connectivity index (χ2n) is 4.57. The van der Waals surface area contributed by atoms with Crippen LogP contribution < -0.4 is 0 Å². The van der Waals surface area contributed by atoms with Gasteiger partial charge in [-0.15, -0.1) is 0 Å². The molecule has 0 fully saturated rings. The lowest BCUT2D eigenvalue weighted by atomic mass is 10.0. The molecular weight excluding hydrogens is 236 g/mol. The van der Waals surface area contributed by atoms with Crippen molar-refractivity contribution in [2.24, 2.45) is 5.92 Å². The summed E-state index contributed by atoms with van der Waals surface area (Å²) >= 11 is 0. The first-order valence-corrected chi connectivity index (χ1v) is 5.72. The number of halogens is 2. The Kier molecular flexibility index (Phi) is 5.16. The second-order valence-corrected chi connectivity index (χ2v) is 4.57. The van der Waals surface area contributed by atoms with Crippen molar-refractivity contribution in [3.63, 3.8) is 0 Å². The lowest BCUT2D eigenvalue weighted by Gasteiger charge is -2.13. The van der Waals surface area contributed by atoms with Crippen molar-refractivity contribution in [2.75, 3.05) is 20.6 Å². The normalized spacial score (nSPS) is 13.2. The van der Waals surface area contributed by atoms with Crippen molar-refractivity contribution in [3.8, 4) is 0 Å². The van der Waals surface area contributed by atoms with Crippen molar-refractivity contribution < 1.29 is 13.6 Å². The Morgan fingerprint density at radius 1 is 1.33 bits per heavy atom. The predicted octanol–water partition coefficient (Wildman–Crippen LogP) is 2.74. The van der Waals surface area contributed by atoms with Gasteiger partial charge in [0.25, 0.3) is 0 Å². The fourth-order valence-corrected chi connectivity index (χ4v) is 1.60. The van der Waals surface area contributed by atoms with E-state index in [1.165, 1.54) is 18.2 Å². The molecule has 0 unspecified atom stereocenters. The number of hydrogen-bond acceptors (Lipinski definition) is 2. The summed E-state index contributed by atoms with van der Waals surface area (Å²) in [5, 5.41) is 0. The van der Waals surface area contributed by atoms with Crippen LogP contribution in [0.25, 0.3) is 6.08 Å². The maximum atomic E-state index is 12.9. The van der Waals surface area contributed by atoms with E-state index >= 15 is 0 Å². The third-order valence-electron chi connectivity index (χ3n) is 2.51. The maximum Gasteiger partial charge on any atom is 0.159 e. The SMILES string of the molecule is C[C@@H](CN(C)C)C(=O)/C=C/c1ccc(F)c(F)c1. The summed E-state index contributed by atoms with van der Waals surface area (Å²) in [6, 6.07) is 3.54. The molecule has 1 atom stereocenters. The Hall–Kier alpha value is -1.55. The molecule has 4 heteroatoms. The fourth-order valence-electron chi connectivity index (χ4n) is 1.60. The van der Waals surface area contributed by atoms with Gasteiger partial charge in [-0.2, -0.15) is 0 Å². The van der Waals surface area contributed by atoms with Crippen LogP contribution in [0.1, 0.15) is 12.5 Å². The monoisotopic (exact) mass is 253 g/mol. The standard InChI is InChI=1S/C14H17F2NO/c1-10(9-17(2)3)14(18)7-5-11-4-6-12(15)13(16)8-11/h4-8,10H,9H2,1-3H3/b7-5+/t10-/m0/s1. The molecule has 0 aliphatic carbocycles. The summed E-state index contributed by atoms with van der Waals surface area (Å²) in [5.41, 5.74) is 0.472. The lowest BCUT2D eigenvalue weighted by molar-refractivity contribution is -0.118. The van der Waals surface area contributed by atoms with E-state index in [0.717, 1.165) is 12.1 Å². The van der Waals surface area contributed by atoms with Crippen molar-refractivity contribution >= 4 is 11.9 Å². The number of carbonyl (C=O) groups is 1. The fraction of sp³-hybridized carbons (Fsp3) is 0.357. The first-order chi connectivity index (χ1) is 8.40. The molecule has 0 aliphatic heterocycles. The Bertz CT molecular complexity index is 455. The predicted molar refractivity (Wildman–Crippen MR) is 68.1 cm³/mol. The van der Waals surface area contributed by atoms with Gasteiger partial charge in [0.15, 0.2) is 17.4 Å². The average Bonchev–Trinajstić information content (AvgIpc) is 2.29. The zero-order valence-corrected chi connectivity index (χ0v) is 10.8. The highest BCUT2D eigenvalue weighted by Gasteiger charge is 2.10. The van der Waals surface area contributed by atoms with Crippen LogP contribution in [-0.2, 0) is 4.79 Å². The van der Waals surface area contributed by atoms with Gasteiger partial charge in [-0.1, -0.05) is 19.1 Å². The molecule has 0 amide bonds. The van der Waals surface area contributed by atoms with E-state index in [9.17, 15) is 13.6 Å². The number of benzene rings is 1. The number of nitrogens with zero attached hydrogens (tertiary/aromatic N) is 1.